The van der Waals surface area contributed by atoms with E-state index in [0.29, 0.717) is 23.1 Å². The standard InChI is InChI=1S/C19H17N3O2/c1-4-13-5-7-15-16(9-13)21-22(20-15)17-8-6-14(11-19(17)24)10-18(23)12(2)3/h1,5-9,11-12,24H,10H2,2-3H3. The molecule has 0 atom stereocenters. The van der Waals surface area contributed by atoms with E-state index in [1.54, 1.807) is 36.4 Å². The molecular weight excluding hydrogens is 302 g/mol. The average molecular weight is 319 g/mol. The Labute approximate surface area is 139 Å². The van der Waals surface area contributed by atoms with Crippen molar-refractivity contribution in [2.75, 3.05) is 0 Å². The Morgan fingerprint density at radius 3 is 2.62 bits per heavy atom. The maximum absolute atomic E-state index is 11.8. The van der Waals surface area contributed by atoms with Crippen molar-refractivity contribution in [2.45, 2.75) is 20.3 Å². The van der Waals surface area contributed by atoms with Crippen LogP contribution in [0.1, 0.15) is 25.0 Å². The first-order chi connectivity index (χ1) is 11.5. The zero-order chi connectivity index (χ0) is 17.3. The molecule has 24 heavy (non-hydrogen) atoms. The summed E-state index contributed by atoms with van der Waals surface area (Å²) in [6.07, 6.45) is 5.69. The molecule has 5 nitrogen and oxygen atoms in total. The van der Waals surface area contributed by atoms with Crippen LogP contribution < -0.4 is 0 Å². The number of hydrogen-bond donors (Lipinski definition) is 1. The second kappa shape index (κ2) is 6.17. The Kier molecular flexibility index (Phi) is 4.05. The summed E-state index contributed by atoms with van der Waals surface area (Å²) in [4.78, 5) is 13.2. The van der Waals surface area contributed by atoms with E-state index in [-0.39, 0.29) is 17.5 Å². The summed E-state index contributed by atoms with van der Waals surface area (Å²) in [5.41, 5.74) is 3.29. The third-order valence-electron chi connectivity index (χ3n) is 3.82. The lowest BCUT2D eigenvalue weighted by molar-refractivity contribution is -0.121. The number of terminal acetylenes is 1. The zero-order valence-electron chi connectivity index (χ0n) is 13.5. The highest BCUT2D eigenvalue weighted by molar-refractivity contribution is 5.82. The number of carbonyl (C=O) groups is 1. The molecule has 5 heteroatoms. The van der Waals surface area contributed by atoms with Gasteiger partial charge in [-0.15, -0.1) is 21.4 Å². The van der Waals surface area contributed by atoms with Crippen LogP contribution in [0.25, 0.3) is 16.7 Å². The molecule has 0 spiro atoms. The molecule has 120 valence electrons. The van der Waals surface area contributed by atoms with Crippen molar-refractivity contribution in [1.29, 1.82) is 0 Å². The van der Waals surface area contributed by atoms with E-state index >= 15 is 0 Å². The molecule has 0 bridgehead atoms. The van der Waals surface area contributed by atoms with Gasteiger partial charge in [-0.1, -0.05) is 25.8 Å². The van der Waals surface area contributed by atoms with E-state index in [4.69, 9.17) is 6.42 Å². The van der Waals surface area contributed by atoms with Gasteiger partial charge in [0.15, 0.2) is 0 Å². The van der Waals surface area contributed by atoms with Crippen LogP contribution in [0.3, 0.4) is 0 Å². The number of rotatable bonds is 4. The van der Waals surface area contributed by atoms with Gasteiger partial charge in [0.25, 0.3) is 0 Å². The summed E-state index contributed by atoms with van der Waals surface area (Å²) in [6, 6.07) is 10.4. The number of nitrogens with zero attached hydrogens (tertiary/aromatic N) is 3. The molecule has 2 aromatic carbocycles. The van der Waals surface area contributed by atoms with E-state index in [1.807, 2.05) is 13.8 Å². The SMILES string of the molecule is C#Cc1ccc2nn(-c3ccc(CC(=O)C(C)C)cc3O)nc2c1. The highest BCUT2D eigenvalue weighted by Gasteiger charge is 2.13. The van der Waals surface area contributed by atoms with E-state index in [2.05, 4.69) is 16.1 Å². The lowest BCUT2D eigenvalue weighted by Crippen LogP contribution is -2.10. The fraction of sp³-hybridized carbons (Fsp3) is 0.211. The van der Waals surface area contributed by atoms with Crippen molar-refractivity contribution in [1.82, 2.24) is 15.0 Å². The van der Waals surface area contributed by atoms with E-state index in [1.165, 1.54) is 4.80 Å². The van der Waals surface area contributed by atoms with Gasteiger partial charge < -0.3 is 5.11 Å². The minimum Gasteiger partial charge on any atom is -0.506 e. The Morgan fingerprint density at radius 2 is 1.96 bits per heavy atom. The molecule has 0 saturated heterocycles. The van der Waals surface area contributed by atoms with Crippen LogP contribution >= 0.6 is 0 Å². The summed E-state index contributed by atoms with van der Waals surface area (Å²) in [5.74, 6) is 2.68. The number of phenolic OH excluding ortho intramolecular Hbond substituents is 1. The fourth-order valence-corrected chi connectivity index (χ4v) is 2.37. The Balaban J connectivity index is 1.95. The van der Waals surface area contributed by atoms with E-state index < -0.39 is 0 Å². The zero-order valence-corrected chi connectivity index (χ0v) is 13.5. The van der Waals surface area contributed by atoms with E-state index in [0.717, 1.165) is 11.1 Å². The molecule has 0 amide bonds. The lowest BCUT2D eigenvalue weighted by Gasteiger charge is -2.07. The summed E-state index contributed by atoms with van der Waals surface area (Å²) in [6.45, 7) is 3.72. The molecule has 1 N–H and O–H groups in total. The molecule has 0 radical (unpaired) electrons. The minimum atomic E-state index is -0.0322. The number of Topliss-reactive ketones (excluding diaryl/α,β-unsaturated/α-hetero) is 1. The molecule has 1 aromatic heterocycles. The van der Waals surface area contributed by atoms with Gasteiger partial charge in [-0.3, -0.25) is 4.79 Å². The van der Waals surface area contributed by atoms with Gasteiger partial charge in [0.2, 0.25) is 0 Å². The van der Waals surface area contributed by atoms with Crippen molar-refractivity contribution >= 4 is 16.8 Å². The molecule has 3 aromatic rings. The van der Waals surface area contributed by atoms with Crippen molar-refractivity contribution in [3.63, 3.8) is 0 Å². The molecule has 0 unspecified atom stereocenters. The summed E-state index contributed by atoms with van der Waals surface area (Å²) in [5, 5.41) is 19.0. The van der Waals surface area contributed by atoms with Crippen LogP contribution in [0.4, 0.5) is 0 Å². The van der Waals surface area contributed by atoms with Gasteiger partial charge in [-0.2, -0.15) is 0 Å². The Bertz CT molecular complexity index is 964. The minimum absolute atomic E-state index is 0.0292. The monoisotopic (exact) mass is 319 g/mol. The molecule has 0 fully saturated rings. The highest BCUT2D eigenvalue weighted by atomic mass is 16.3. The second-order valence-corrected chi connectivity index (χ2v) is 5.96. The van der Waals surface area contributed by atoms with Crippen LogP contribution in [0, 0.1) is 18.3 Å². The molecular formula is C19H17N3O2. The average Bonchev–Trinajstić information content (AvgIpc) is 2.97. The first kappa shape index (κ1) is 15.8. The molecule has 1 heterocycles. The van der Waals surface area contributed by atoms with Gasteiger partial charge >= 0.3 is 0 Å². The molecule has 0 aliphatic rings. The van der Waals surface area contributed by atoms with E-state index in [9.17, 15) is 9.90 Å². The molecule has 0 saturated carbocycles. The van der Waals surface area contributed by atoms with Gasteiger partial charge in [0.1, 0.15) is 28.3 Å². The summed E-state index contributed by atoms with van der Waals surface area (Å²) in [7, 11) is 0. The van der Waals surface area contributed by atoms with Gasteiger partial charge in [0.05, 0.1) is 0 Å². The fourth-order valence-electron chi connectivity index (χ4n) is 2.37. The third kappa shape index (κ3) is 2.99. The number of aromatic nitrogens is 3. The van der Waals surface area contributed by atoms with Crippen LogP contribution in [-0.2, 0) is 11.2 Å². The summed E-state index contributed by atoms with van der Waals surface area (Å²) >= 11 is 0. The van der Waals surface area contributed by atoms with Gasteiger partial charge in [0, 0.05) is 17.9 Å². The number of hydrogen-bond acceptors (Lipinski definition) is 4. The Morgan fingerprint density at radius 1 is 1.21 bits per heavy atom. The number of fused-ring (bicyclic) bond motifs is 1. The topological polar surface area (TPSA) is 68.0 Å². The molecule has 3 rings (SSSR count). The maximum Gasteiger partial charge on any atom is 0.143 e. The summed E-state index contributed by atoms with van der Waals surface area (Å²) < 4.78 is 0. The number of ketones is 1. The van der Waals surface area contributed by atoms with Gasteiger partial charge in [-0.05, 0) is 35.9 Å². The lowest BCUT2D eigenvalue weighted by atomic mass is 10.0. The third-order valence-corrected chi connectivity index (χ3v) is 3.82. The van der Waals surface area contributed by atoms with Crippen LogP contribution in [0.15, 0.2) is 36.4 Å². The predicted octanol–water partition coefficient (Wildman–Crippen LogP) is 2.88. The number of benzene rings is 2. The first-order valence-electron chi connectivity index (χ1n) is 7.66. The number of phenols is 1. The molecule has 0 aliphatic heterocycles. The smallest absolute Gasteiger partial charge is 0.143 e. The normalized spacial score (nSPS) is 10.9. The van der Waals surface area contributed by atoms with Crippen molar-refractivity contribution in [3.05, 3.63) is 47.5 Å². The second-order valence-electron chi connectivity index (χ2n) is 5.96. The quantitative estimate of drug-likeness (QED) is 0.751. The van der Waals surface area contributed by atoms with Crippen LogP contribution in [0.5, 0.6) is 5.75 Å². The maximum atomic E-state index is 11.8. The first-order valence-corrected chi connectivity index (χ1v) is 7.66. The highest BCUT2D eigenvalue weighted by Crippen LogP contribution is 2.24. The largest absolute Gasteiger partial charge is 0.506 e. The van der Waals surface area contributed by atoms with Crippen molar-refractivity contribution < 1.29 is 9.90 Å². The number of aromatic hydroxyl groups is 1. The van der Waals surface area contributed by atoms with Crippen molar-refractivity contribution in [2.24, 2.45) is 5.92 Å². The van der Waals surface area contributed by atoms with Gasteiger partial charge in [-0.25, -0.2) is 0 Å². The predicted molar refractivity (Wildman–Crippen MR) is 92.0 cm³/mol. The van der Waals surface area contributed by atoms with Crippen LogP contribution in [0.2, 0.25) is 0 Å². The Hall–Kier alpha value is -3.13. The molecule has 0 aliphatic carbocycles. The van der Waals surface area contributed by atoms with Crippen LogP contribution in [-0.4, -0.2) is 25.9 Å². The van der Waals surface area contributed by atoms with Crippen molar-refractivity contribution in [3.8, 4) is 23.8 Å². The number of carbonyl (C=O) groups excluding carboxylic acids is 1.